The number of methoxy groups -OCH3 is 1. The molecule has 0 radical (unpaired) electrons. The average Bonchev–Trinajstić information content (AvgIpc) is 2.94. The molecule has 0 fully saturated rings. The highest BCUT2D eigenvalue weighted by Gasteiger charge is 2.13. The zero-order valence-electron chi connectivity index (χ0n) is 12.1. The molecule has 0 atom stereocenters. The van der Waals surface area contributed by atoms with Gasteiger partial charge in [0, 0.05) is 36.6 Å². The average molecular weight is 273 g/mol. The van der Waals surface area contributed by atoms with Gasteiger partial charge in [0.05, 0.1) is 19.1 Å². The van der Waals surface area contributed by atoms with E-state index in [2.05, 4.69) is 4.98 Å². The quantitative estimate of drug-likeness (QED) is 0.811. The largest absolute Gasteiger partial charge is 0.496 e. The van der Waals surface area contributed by atoms with Gasteiger partial charge in [0.2, 0.25) is 0 Å². The monoisotopic (exact) mass is 273 g/mol. The Labute approximate surface area is 118 Å². The van der Waals surface area contributed by atoms with E-state index in [1.165, 1.54) is 0 Å². The van der Waals surface area contributed by atoms with Crippen LogP contribution in [0.4, 0.5) is 0 Å². The van der Waals surface area contributed by atoms with E-state index in [1.54, 1.807) is 19.6 Å². The fourth-order valence-electron chi connectivity index (χ4n) is 2.24. The third kappa shape index (κ3) is 3.26. The van der Waals surface area contributed by atoms with E-state index in [4.69, 9.17) is 9.15 Å². The van der Waals surface area contributed by atoms with Crippen molar-refractivity contribution in [1.82, 2.24) is 4.98 Å². The first-order valence-electron chi connectivity index (χ1n) is 6.65. The van der Waals surface area contributed by atoms with E-state index >= 15 is 0 Å². The van der Waals surface area contributed by atoms with E-state index < -0.39 is 0 Å². The first-order chi connectivity index (χ1) is 9.61. The Morgan fingerprint density at radius 3 is 2.85 bits per heavy atom. The maximum atomic E-state index is 12.0. The molecule has 0 unspecified atom stereocenters. The van der Waals surface area contributed by atoms with Gasteiger partial charge < -0.3 is 9.15 Å². The van der Waals surface area contributed by atoms with Gasteiger partial charge in [-0.25, -0.2) is 0 Å². The number of rotatable bonds is 6. The molecule has 4 heteroatoms. The predicted octanol–water partition coefficient (Wildman–Crippen LogP) is 3.04. The Bertz CT molecular complexity index is 588. The van der Waals surface area contributed by atoms with Crippen LogP contribution in [0.3, 0.4) is 0 Å². The molecule has 0 aliphatic rings. The summed E-state index contributed by atoms with van der Waals surface area (Å²) in [4.78, 5) is 16.4. The number of nitrogens with zero attached hydrogens (tertiary/aromatic N) is 1. The molecule has 20 heavy (non-hydrogen) atoms. The van der Waals surface area contributed by atoms with Crippen LogP contribution in [-0.2, 0) is 17.6 Å². The van der Waals surface area contributed by atoms with E-state index in [1.807, 2.05) is 26.0 Å². The van der Waals surface area contributed by atoms with Crippen LogP contribution in [0.25, 0.3) is 0 Å². The maximum absolute atomic E-state index is 12.0. The van der Waals surface area contributed by atoms with E-state index in [9.17, 15) is 4.79 Å². The lowest BCUT2D eigenvalue weighted by molar-refractivity contribution is -0.118. The Morgan fingerprint density at radius 2 is 2.20 bits per heavy atom. The lowest BCUT2D eigenvalue weighted by atomic mass is 10.0. The highest BCUT2D eigenvalue weighted by molar-refractivity contribution is 5.81. The van der Waals surface area contributed by atoms with Gasteiger partial charge in [-0.15, -0.1) is 0 Å². The van der Waals surface area contributed by atoms with Crippen molar-refractivity contribution < 1.29 is 13.9 Å². The number of aryl methyl sites for hydroxylation is 2. The Hall–Kier alpha value is -2.10. The van der Waals surface area contributed by atoms with Gasteiger partial charge in [0.1, 0.15) is 17.3 Å². The standard InChI is InChI=1S/C16H19NO3/c1-11-10-17-15(12(2)16(11)19-3)9-13(18)6-7-14-5-4-8-20-14/h4-5,8,10H,6-7,9H2,1-3H3. The SMILES string of the molecule is COc1c(C)cnc(CC(=O)CCc2ccco2)c1C. The molecule has 0 amide bonds. The minimum absolute atomic E-state index is 0.155. The molecular weight excluding hydrogens is 254 g/mol. The minimum Gasteiger partial charge on any atom is -0.496 e. The van der Waals surface area contributed by atoms with Crippen LogP contribution in [0.2, 0.25) is 0 Å². The van der Waals surface area contributed by atoms with Crippen LogP contribution in [0, 0.1) is 13.8 Å². The molecule has 4 nitrogen and oxygen atoms in total. The molecular formula is C16H19NO3. The van der Waals surface area contributed by atoms with Crippen LogP contribution in [-0.4, -0.2) is 17.9 Å². The van der Waals surface area contributed by atoms with E-state index in [-0.39, 0.29) is 5.78 Å². The van der Waals surface area contributed by atoms with Crippen LogP contribution < -0.4 is 4.74 Å². The summed E-state index contributed by atoms with van der Waals surface area (Å²) in [5.74, 6) is 1.81. The first kappa shape index (κ1) is 14.3. The van der Waals surface area contributed by atoms with Crippen molar-refractivity contribution in [1.29, 1.82) is 0 Å². The fourth-order valence-corrected chi connectivity index (χ4v) is 2.24. The van der Waals surface area contributed by atoms with Gasteiger partial charge in [0.15, 0.2) is 0 Å². The summed E-state index contributed by atoms with van der Waals surface area (Å²) in [6, 6.07) is 3.71. The number of furan rings is 1. The van der Waals surface area contributed by atoms with Crippen molar-refractivity contribution in [3.63, 3.8) is 0 Å². The van der Waals surface area contributed by atoms with Gasteiger partial charge in [-0.2, -0.15) is 0 Å². The highest BCUT2D eigenvalue weighted by Crippen LogP contribution is 2.24. The van der Waals surface area contributed by atoms with Crippen molar-refractivity contribution in [3.05, 3.63) is 47.2 Å². The third-order valence-electron chi connectivity index (χ3n) is 3.34. The molecule has 0 aromatic carbocycles. The summed E-state index contributed by atoms with van der Waals surface area (Å²) in [6.07, 6.45) is 4.80. The number of hydrogen-bond acceptors (Lipinski definition) is 4. The second-order valence-electron chi connectivity index (χ2n) is 4.84. The van der Waals surface area contributed by atoms with Crippen LogP contribution >= 0.6 is 0 Å². The number of hydrogen-bond donors (Lipinski definition) is 0. The molecule has 0 bridgehead atoms. The summed E-state index contributed by atoms with van der Waals surface area (Å²) in [5.41, 5.74) is 2.72. The van der Waals surface area contributed by atoms with E-state index in [0.717, 1.165) is 28.3 Å². The summed E-state index contributed by atoms with van der Waals surface area (Å²) in [5, 5.41) is 0. The van der Waals surface area contributed by atoms with Gasteiger partial charge in [-0.3, -0.25) is 9.78 Å². The topological polar surface area (TPSA) is 52.3 Å². The van der Waals surface area contributed by atoms with Crippen LogP contribution in [0.1, 0.15) is 29.0 Å². The molecule has 2 aromatic rings. The number of Topliss-reactive ketones (excluding diaryl/α,β-unsaturated/α-hetero) is 1. The molecule has 2 heterocycles. The minimum atomic E-state index is 0.155. The lowest BCUT2D eigenvalue weighted by Gasteiger charge is -2.11. The maximum Gasteiger partial charge on any atom is 0.139 e. The normalized spacial score (nSPS) is 10.6. The summed E-state index contributed by atoms with van der Waals surface area (Å²) in [6.45, 7) is 3.88. The molecule has 2 aromatic heterocycles. The first-order valence-corrected chi connectivity index (χ1v) is 6.65. The molecule has 0 saturated carbocycles. The summed E-state index contributed by atoms with van der Waals surface area (Å²) in [7, 11) is 1.64. The number of pyridine rings is 1. The Kier molecular flexibility index (Phi) is 4.56. The Morgan fingerprint density at radius 1 is 1.40 bits per heavy atom. The van der Waals surface area contributed by atoms with Crippen molar-refractivity contribution in [2.45, 2.75) is 33.1 Å². The van der Waals surface area contributed by atoms with Gasteiger partial charge >= 0.3 is 0 Å². The summed E-state index contributed by atoms with van der Waals surface area (Å²) < 4.78 is 10.6. The Balaban J connectivity index is 2.01. The van der Waals surface area contributed by atoms with E-state index in [0.29, 0.717) is 19.3 Å². The molecule has 2 rings (SSSR count). The number of ether oxygens (including phenoxy) is 1. The fraction of sp³-hybridized carbons (Fsp3) is 0.375. The van der Waals surface area contributed by atoms with Crippen LogP contribution in [0.15, 0.2) is 29.0 Å². The van der Waals surface area contributed by atoms with Gasteiger partial charge in [-0.05, 0) is 26.0 Å². The number of carbonyl (C=O) groups excluding carboxylic acids is 1. The molecule has 0 spiro atoms. The van der Waals surface area contributed by atoms with Crippen LogP contribution in [0.5, 0.6) is 5.75 Å². The van der Waals surface area contributed by atoms with Crippen molar-refractivity contribution >= 4 is 5.78 Å². The number of ketones is 1. The smallest absolute Gasteiger partial charge is 0.139 e. The third-order valence-corrected chi connectivity index (χ3v) is 3.34. The molecule has 0 saturated heterocycles. The second kappa shape index (κ2) is 6.37. The molecule has 0 aliphatic carbocycles. The lowest BCUT2D eigenvalue weighted by Crippen LogP contribution is -2.08. The van der Waals surface area contributed by atoms with Crippen molar-refractivity contribution in [2.24, 2.45) is 0 Å². The van der Waals surface area contributed by atoms with Gasteiger partial charge in [-0.1, -0.05) is 0 Å². The highest BCUT2D eigenvalue weighted by atomic mass is 16.5. The zero-order chi connectivity index (χ0) is 14.5. The molecule has 0 N–H and O–H groups in total. The second-order valence-corrected chi connectivity index (χ2v) is 4.84. The zero-order valence-corrected chi connectivity index (χ0v) is 12.1. The predicted molar refractivity (Wildman–Crippen MR) is 76.0 cm³/mol. The van der Waals surface area contributed by atoms with Crippen molar-refractivity contribution in [2.75, 3.05) is 7.11 Å². The van der Waals surface area contributed by atoms with Crippen molar-refractivity contribution in [3.8, 4) is 5.75 Å². The summed E-state index contributed by atoms with van der Waals surface area (Å²) >= 11 is 0. The van der Waals surface area contributed by atoms with Gasteiger partial charge in [0.25, 0.3) is 0 Å². The molecule has 0 aliphatic heterocycles. The molecule has 106 valence electrons. The number of aromatic nitrogens is 1. The number of carbonyl (C=O) groups is 1.